The molecule has 1 unspecified atom stereocenters. The van der Waals surface area contributed by atoms with Gasteiger partial charge in [-0.2, -0.15) is 13.2 Å². The van der Waals surface area contributed by atoms with Crippen molar-refractivity contribution in [2.75, 3.05) is 5.73 Å². The van der Waals surface area contributed by atoms with Gasteiger partial charge in [0.2, 0.25) is 0 Å². The van der Waals surface area contributed by atoms with Crippen LogP contribution >= 0.6 is 0 Å². The van der Waals surface area contributed by atoms with Crippen LogP contribution in [-0.2, 0) is 17.4 Å². The number of anilines is 1. The van der Waals surface area contributed by atoms with E-state index in [0.717, 1.165) is 0 Å². The van der Waals surface area contributed by atoms with Crippen molar-refractivity contribution in [2.45, 2.75) is 18.0 Å². The largest absolute Gasteiger partial charge is 0.485 e. The maximum Gasteiger partial charge on any atom is 0.485 e. The third kappa shape index (κ3) is 4.59. The van der Waals surface area contributed by atoms with Crippen molar-refractivity contribution in [2.24, 2.45) is 0 Å². The summed E-state index contributed by atoms with van der Waals surface area (Å²) in [6.45, 7) is 0. The summed E-state index contributed by atoms with van der Waals surface area (Å²) in [5, 5.41) is 4.84. The number of pyridine rings is 1. The lowest BCUT2D eigenvalue weighted by atomic mass is 9.94. The first-order valence-corrected chi connectivity index (χ1v) is 10.4. The second kappa shape index (κ2) is 8.48. The molecule has 31 heavy (non-hydrogen) atoms. The normalized spacial score (nSPS) is 13.9. The number of aromatic nitrogens is 2. The van der Waals surface area contributed by atoms with E-state index in [9.17, 15) is 17.4 Å². The minimum Gasteiger partial charge on any atom is -0.384 e. The van der Waals surface area contributed by atoms with E-state index in [2.05, 4.69) is 14.9 Å². The van der Waals surface area contributed by atoms with Gasteiger partial charge in [0.15, 0.2) is 16.6 Å². The summed E-state index contributed by atoms with van der Waals surface area (Å²) in [5.41, 5.74) is 3.32. The minimum atomic E-state index is -4.92. The van der Waals surface area contributed by atoms with Gasteiger partial charge >= 0.3 is 5.51 Å². The Morgan fingerprint density at radius 3 is 2.55 bits per heavy atom. The first kappa shape index (κ1) is 21.0. The first-order chi connectivity index (χ1) is 14.8. The maximum atomic E-state index is 13.1. The number of nitrogens with one attached hydrogen (secondary N) is 1. The van der Waals surface area contributed by atoms with Gasteiger partial charge in [-0.25, -0.2) is 13.9 Å². The number of halogens is 3. The number of fused-ring (bicyclic) bond motifs is 1. The summed E-state index contributed by atoms with van der Waals surface area (Å²) in [7, 11) is -3.28. The standard InChI is InChI=1S/C21H17F3N4O2S/c22-21(23,24)31(29)28-17(12-13-6-5-11-19(25)26-13)14-7-1-2-8-15(14)20-16-9-3-4-10-18(16)30-27-20/h1-11,17,28H,12H2,(H2,25,26)/t17-,31?/m0/s1. The van der Waals surface area contributed by atoms with Crippen LogP contribution in [0.15, 0.2) is 71.3 Å². The number of alkyl halides is 3. The predicted octanol–water partition coefficient (Wildman–Crippen LogP) is 4.53. The Morgan fingerprint density at radius 2 is 1.77 bits per heavy atom. The van der Waals surface area contributed by atoms with Gasteiger partial charge in [0.25, 0.3) is 0 Å². The van der Waals surface area contributed by atoms with Crippen molar-refractivity contribution in [3.63, 3.8) is 0 Å². The number of benzene rings is 2. The highest BCUT2D eigenvalue weighted by molar-refractivity contribution is 7.83. The summed E-state index contributed by atoms with van der Waals surface area (Å²) >= 11 is 0. The lowest BCUT2D eigenvalue weighted by Gasteiger charge is -2.21. The first-order valence-electron chi connectivity index (χ1n) is 9.23. The van der Waals surface area contributed by atoms with Gasteiger partial charge in [-0.3, -0.25) is 0 Å². The highest BCUT2D eigenvalue weighted by Crippen LogP contribution is 2.35. The molecule has 0 fully saturated rings. The van der Waals surface area contributed by atoms with Crippen LogP contribution in [0.5, 0.6) is 0 Å². The summed E-state index contributed by atoms with van der Waals surface area (Å²) in [4.78, 5) is 4.17. The second-order valence-electron chi connectivity index (χ2n) is 6.76. The zero-order valence-corrected chi connectivity index (χ0v) is 16.8. The molecule has 0 aliphatic rings. The van der Waals surface area contributed by atoms with Gasteiger partial charge in [-0.05, 0) is 29.8 Å². The van der Waals surface area contributed by atoms with E-state index in [1.54, 1.807) is 54.6 Å². The number of nitrogens with two attached hydrogens (primary N) is 1. The molecule has 2 atom stereocenters. The molecule has 0 aliphatic heterocycles. The second-order valence-corrected chi connectivity index (χ2v) is 7.99. The Morgan fingerprint density at radius 1 is 1.03 bits per heavy atom. The molecule has 4 rings (SSSR count). The fourth-order valence-electron chi connectivity index (χ4n) is 3.33. The summed E-state index contributed by atoms with van der Waals surface area (Å²) in [6, 6.07) is 17.9. The molecule has 160 valence electrons. The van der Waals surface area contributed by atoms with E-state index < -0.39 is 22.5 Å². The zero-order valence-electron chi connectivity index (χ0n) is 16.0. The summed E-state index contributed by atoms with van der Waals surface area (Å²) in [6.07, 6.45) is 0.0274. The molecule has 0 saturated heterocycles. The molecule has 0 bridgehead atoms. The Kier molecular flexibility index (Phi) is 5.75. The van der Waals surface area contributed by atoms with E-state index in [4.69, 9.17) is 10.3 Å². The summed E-state index contributed by atoms with van der Waals surface area (Å²) in [5.74, 6) is 0.240. The minimum absolute atomic E-state index is 0.0274. The molecule has 3 N–H and O–H groups in total. The number of nitrogens with zero attached hydrogens (tertiary/aromatic N) is 2. The molecule has 0 radical (unpaired) electrons. The smallest absolute Gasteiger partial charge is 0.384 e. The van der Waals surface area contributed by atoms with E-state index >= 15 is 0 Å². The molecular weight excluding hydrogens is 429 g/mol. The topological polar surface area (TPSA) is 94.0 Å². The molecule has 2 heterocycles. The molecule has 10 heteroatoms. The molecule has 0 spiro atoms. The lowest BCUT2D eigenvalue weighted by Crippen LogP contribution is -2.34. The van der Waals surface area contributed by atoms with Crippen LogP contribution in [0.25, 0.3) is 22.2 Å². The molecular formula is C21H17F3N4O2S. The van der Waals surface area contributed by atoms with Crippen LogP contribution in [-0.4, -0.2) is 19.9 Å². The average molecular weight is 446 g/mol. The molecule has 6 nitrogen and oxygen atoms in total. The van der Waals surface area contributed by atoms with Gasteiger partial charge in [0.05, 0.1) is 6.04 Å². The van der Waals surface area contributed by atoms with Gasteiger partial charge in [0, 0.05) is 23.1 Å². The lowest BCUT2D eigenvalue weighted by molar-refractivity contribution is -0.0397. The van der Waals surface area contributed by atoms with Crippen LogP contribution in [0.3, 0.4) is 0 Å². The van der Waals surface area contributed by atoms with Crippen molar-refractivity contribution in [1.82, 2.24) is 14.9 Å². The monoisotopic (exact) mass is 446 g/mol. The number of hydrogen-bond acceptors (Lipinski definition) is 5. The predicted molar refractivity (Wildman–Crippen MR) is 112 cm³/mol. The Bertz CT molecular complexity index is 1240. The number of hydrogen-bond donors (Lipinski definition) is 2. The Hall–Kier alpha value is -3.24. The van der Waals surface area contributed by atoms with E-state index in [0.29, 0.717) is 33.5 Å². The van der Waals surface area contributed by atoms with Gasteiger partial charge in [-0.15, -0.1) is 0 Å². The summed E-state index contributed by atoms with van der Waals surface area (Å²) < 4.78 is 58.7. The molecule has 2 aromatic carbocycles. The van der Waals surface area contributed by atoms with Gasteiger partial charge in [0.1, 0.15) is 11.5 Å². The van der Waals surface area contributed by atoms with Crippen LogP contribution in [0.2, 0.25) is 0 Å². The van der Waals surface area contributed by atoms with Crippen molar-refractivity contribution in [3.8, 4) is 11.3 Å². The van der Waals surface area contributed by atoms with Crippen LogP contribution < -0.4 is 10.5 Å². The van der Waals surface area contributed by atoms with Crippen LogP contribution in [0, 0.1) is 0 Å². The third-order valence-corrected chi connectivity index (χ3v) is 5.59. The van der Waals surface area contributed by atoms with Crippen molar-refractivity contribution >= 4 is 27.8 Å². The van der Waals surface area contributed by atoms with Crippen molar-refractivity contribution < 1.29 is 21.9 Å². The van der Waals surface area contributed by atoms with Gasteiger partial charge in [-0.1, -0.05) is 47.6 Å². The maximum absolute atomic E-state index is 13.1. The number of rotatable bonds is 6. The number of nitrogen functional groups attached to an aromatic ring is 1. The van der Waals surface area contributed by atoms with E-state index in [-0.39, 0.29) is 12.2 Å². The Labute approximate surface area is 177 Å². The van der Waals surface area contributed by atoms with Crippen molar-refractivity contribution in [3.05, 3.63) is 78.0 Å². The quantitative estimate of drug-likeness (QED) is 0.454. The zero-order chi connectivity index (χ0) is 22.0. The third-order valence-electron chi connectivity index (χ3n) is 4.67. The highest BCUT2D eigenvalue weighted by Gasteiger charge is 2.39. The molecule has 0 amide bonds. The fraction of sp³-hybridized carbons (Fsp3) is 0.143. The SMILES string of the molecule is Nc1cccc(C[C@H](NS(=O)C(F)(F)F)c2ccccc2-c2noc3ccccc23)n1. The fourth-order valence-corrected chi connectivity index (χ4v) is 3.93. The van der Waals surface area contributed by atoms with E-state index in [1.165, 1.54) is 0 Å². The molecule has 4 aromatic rings. The van der Waals surface area contributed by atoms with Crippen LogP contribution in [0.1, 0.15) is 17.3 Å². The molecule has 0 aliphatic carbocycles. The van der Waals surface area contributed by atoms with Crippen molar-refractivity contribution in [1.29, 1.82) is 0 Å². The Balaban J connectivity index is 1.80. The average Bonchev–Trinajstić information content (AvgIpc) is 3.16. The molecule has 0 saturated carbocycles. The van der Waals surface area contributed by atoms with Gasteiger partial charge < -0.3 is 10.3 Å². The highest BCUT2D eigenvalue weighted by atomic mass is 32.2. The van der Waals surface area contributed by atoms with E-state index in [1.807, 2.05) is 12.1 Å². The number of para-hydroxylation sites is 1. The van der Waals surface area contributed by atoms with Crippen LogP contribution in [0.4, 0.5) is 19.0 Å². The molecule has 2 aromatic heterocycles.